The summed E-state index contributed by atoms with van der Waals surface area (Å²) in [5.74, 6) is 0.314. The number of methoxy groups -OCH3 is 1. The number of carbonyl (C=O) groups is 2. The van der Waals surface area contributed by atoms with Gasteiger partial charge >= 0.3 is 0 Å². The zero-order chi connectivity index (χ0) is 18.3. The zero-order valence-electron chi connectivity index (χ0n) is 15.4. The Labute approximate surface area is 144 Å². The van der Waals surface area contributed by atoms with Gasteiger partial charge in [0.2, 0.25) is 11.8 Å². The van der Waals surface area contributed by atoms with E-state index in [1.54, 1.807) is 14.0 Å². The minimum atomic E-state index is -0.591. The van der Waals surface area contributed by atoms with Gasteiger partial charge < -0.3 is 15.4 Å². The Morgan fingerprint density at radius 2 is 1.88 bits per heavy atom. The van der Waals surface area contributed by atoms with Gasteiger partial charge in [-0.2, -0.15) is 0 Å². The molecule has 0 saturated heterocycles. The number of hydrogen-bond acceptors (Lipinski definition) is 3. The van der Waals surface area contributed by atoms with E-state index in [-0.39, 0.29) is 17.4 Å². The molecule has 2 amide bonds. The lowest BCUT2D eigenvalue weighted by atomic mass is 10.0. The van der Waals surface area contributed by atoms with E-state index in [2.05, 4.69) is 10.6 Å². The van der Waals surface area contributed by atoms with Gasteiger partial charge in [0.25, 0.3) is 0 Å². The quantitative estimate of drug-likeness (QED) is 0.787. The number of carbonyl (C=O) groups excluding carboxylic acids is 2. The molecule has 1 atom stereocenters. The number of hydrogen-bond donors (Lipinski definition) is 2. The van der Waals surface area contributed by atoms with Gasteiger partial charge in [0.15, 0.2) is 0 Å². The number of ether oxygens (including phenoxy) is 1. The van der Waals surface area contributed by atoms with Crippen LogP contribution in [-0.4, -0.2) is 30.5 Å². The van der Waals surface area contributed by atoms with Crippen molar-refractivity contribution >= 4 is 11.8 Å². The van der Waals surface area contributed by atoms with Gasteiger partial charge in [-0.05, 0) is 52.7 Å². The Balaban J connectivity index is 2.65. The van der Waals surface area contributed by atoms with Crippen molar-refractivity contribution in [1.82, 2.24) is 10.6 Å². The maximum atomic E-state index is 12.1. The number of amides is 2. The third-order valence-electron chi connectivity index (χ3n) is 3.29. The second-order valence-electron chi connectivity index (χ2n) is 6.95. The van der Waals surface area contributed by atoms with Crippen molar-refractivity contribution < 1.29 is 14.3 Å². The highest BCUT2D eigenvalue weighted by molar-refractivity contribution is 5.93. The molecule has 1 aromatic rings. The van der Waals surface area contributed by atoms with Crippen LogP contribution in [0, 0.1) is 0 Å². The molecule has 24 heavy (non-hydrogen) atoms. The minimum Gasteiger partial charge on any atom is -0.496 e. The van der Waals surface area contributed by atoms with Crippen LogP contribution in [0.5, 0.6) is 5.75 Å². The van der Waals surface area contributed by atoms with Gasteiger partial charge in [0, 0.05) is 11.6 Å². The molecule has 0 saturated carbocycles. The molecule has 0 aliphatic carbocycles. The summed E-state index contributed by atoms with van der Waals surface area (Å²) in [6.45, 7) is 9.25. The summed E-state index contributed by atoms with van der Waals surface area (Å²) in [5.41, 5.74) is 1.58. The number of para-hydroxylation sites is 1. The fraction of sp³-hybridized carbons (Fsp3) is 0.474. The third kappa shape index (κ3) is 6.86. The van der Waals surface area contributed by atoms with E-state index in [0.29, 0.717) is 6.42 Å². The molecular formula is C19H28N2O3. The standard InChI is InChI=1S/C19H28N2O3/c1-13(11-15-9-7-8-10-16(15)24-6)12-17(22)20-14(2)18(23)21-19(3,4)5/h7-10,12,14H,11H2,1-6H3,(H,20,22)(H,21,23). The summed E-state index contributed by atoms with van der Waals surface area (Å²) in [5, 5.41) is 5.53. The van der Waals surface area contributed by atoms with Crippen molar-refractivity contribution in [2.24, 2.45) is 0 Å². The number of allylic oxidation sites excluding steroid dienone is 1. The Morgan fingerprint density at radius 3 is 2.46 bits per heavy atom. The van der Waals surface area contributed by atoms with E-state index in [9.17, 15) is 9.59 Å². The van der Waals surface area contributed by atoms with E-state index in [1.807, 2.05) is 52.0 Å². The van der Waals surface area contributed by atoms with Gasteiger partial charge in [0.05, 0.1) is 7.11 Å². The first kappa shape index (κ1) is 19.7. The first-order valence-corrected chi connectivity index (χ1v) is 8.04. The summed E-state index contributed by atoms with van der Waals surface area (Å²) in [4.78, 5) is 24.1. The molecule has 0 heterocycles. The first-order chi connectivity index (χ1) is 11.1. The SMILES string of the molecule is COc1ccccc1CC(C)=CC(=O)NC(C)C(=O)NC(C)(C)C. The van der Waals surface area contributed by atoms with E-state index < -0.39 is 6.04 Å². The van der Waals surface area contributed by atoms with Crippen LogP contribution in [-0.2, 0) is 16.0 Å². The maximum absolute atomic E-state index is 12.1. The molecule has 2 N–H and O–H groups in total. The highest BCUT2D eigenvalue weighted by Gasteiger charge is 2.20. The molecule has 132 valence electrons. The molecule has 0 radical (unpaired) electrons. The van der Waals surface area contributed by atoms with Crippen molar-refractivity contribution in [2.75, 3.05) is 7.11 Å². The Hall–Kier alpha value is -2.30. The van der Waals surface area contributed by atoms with Crippen LogP contribution in [0.4, 0.5) is 0 Å². The topological polar surface area (TPSA) is 67.4 Å². The van der Waals surface area contributed by atoms with Crippen LogP contribution < -0.4 is 15.4 Å². The average molecular weight is 332 g/mol. The lowest BCUT2D eigenvalue weighted by molar-refractivity contribution is -0.127. The molecule has 1 unspecified atom stereocenters. The lowest BCUT2D eigenvalue weighted by Gasteiger charge is -2.23. The predicted molar refractivity (Wildman–Crippen MR) is 96.0 cm³/mol. The largest absolute Gasteiger partial charge is 0.496 e. The van der Waals surface area contributed by atoms with Crippen molar-refractivity contribution in [3.05, 3.63) is 41.5 Å². The van der Waals surface area contributed by atoms with Crippen LogP contribution in [0.3, 0.4) is 0 Å². The summed E-state index contributed by atoms with van der Waals surface area (Å²) in [7, 11) is 1.63. The van der Waals surface area contributed by atoms with E-state index in [4.69, 9.17) is 4.74 Å². The van der Waals surface area contributed by atoms with Gasteiger partial charge in [-0.3, -0.25) is 9.59 Å². The molecule has 0 aliphatic rings. The molecule has 5 heteroatoms. The van der Waals surface area contributed by atoms with E-state index in [0.717, 1.165) is 16.9 Å². The minimum absolute atomic E-state index is 0.202. The Morgan fingerprint density at radius 1 is 1.25 bits per heavy atom. The lowest BCUT2D eigenvalue weighted by Crippen LogP contribution is -2.50. The highest BCUT2D eigenvalue weighted by atomic mass is 16.5. The molecule has 0 aliphatic heterocycles. The highest BCUT2D eigenvalue weighted by Crippen LogP contribution is 2.20. The number of rotatable bonds is 6. The summed E-state index contributed by atoms with van der Waals surface area (Å²) in [6.07, 6.45) is 2.13. The normalized spacial score (nSPS) is 13.2. The van der Waals surface area contributed by atoms with Crippen LogP contribution in [0.1, 0.15) is 40.2 Å². The molecule has 1 aromatic carbocycles. The molecule has 0 fully saturated rings. The van der Waals surface area contributed by atoms with Gasteiger partial charge in [-0.15, -0.1) is 0 Å². The fourth-order valence-corrected chi connectivity index (χ4v) is 2.22. The Kier molecular flexibility index (Phi) is 7.01. The van der Waals surface area contributed by atoms with E-state index in [1.165, 1.54) is 6.08 Å². The van der Waals surface area contributed by atoms with Crippen molar-refractivity contribution in [3.63, 3.8) is 0 Å². The maximum Gasteiger partial charge on any atom is 0.244 e. The summed E-state index contributed by atoms with van der Waals surface area (Å²) in [6, 6.07) is 7.11. The number of nitrogens with one attached hydrogen (secondary N) is 2. The van der Waals surface area contributed by atoms with Crippen molar-refractivity contribution in [2.45, 2.75) is 52.6 Å². The zero-order valence-corrected chi connectivity index (χ0v) is 15.4. The molecule has 5 nitrogen and oxygen atoms in total. The third-order valence-corrected chi connectivity index (χ3v) is 3.29. The molecule has 1 rings (SSSR count). The van der Waals surface area contributed by atoms with Crippen LogP contribution in [0.15, 0.2) is 35.9 Å². The second kappa shape index (κ2) is 8.52. The molecule has 0 bridgehead atoms. The van der Waals surface area contributed by atoms with Crippen molar-refractivity contribution in [1.29, 1.82) is 0 Å². The van der Waals surface area contributed by atoms with Crippen LogP contribution in [0.25, 0.3) is 0 Å². The Bertz CT molecular complexity index is 615. The molecule has 0 aromatic heterocycles. The first-order valence-electron chi connectivity index (χ1n) is 8.04. The van der Waals surface area contributed by atoms with Crippen LogP contribution >= 0.6 is 0 Å². The monoisotopic (exact) mass is 332 g/mol. The van der Waals surface area contributed by atoms with Gasteiger partial charge in [-0.1, -0.05) is 23.8 Å². The molecule has 0 spiro atoms. The van der Waals surface area contributed by atoms with Gasteiger partial charge in [-0.25, -0.2) is 0 Å². The van der Waals surface area contributed by atoms with Crippen molar-refractivity contribution in [3.8, 4) is 5.75 Å². The average Bonchev–Trinajstić information content (AvgIpc) is 2.45. The second-order valence-corrected chi connectivity index (χ2v) is 6.95. The predicted octanol–water partition coefficient (Wildman–Crippen LogP) is 2.60. The number of benzene rings is 1. The summed E-state index contributed by atoms with van der Waals surface area (Å²) >= 11 is 0. The fourth-order valence-electron chi connectivity index (χ4n) is 2.22. The summed E-state index contributed by atoms with van der Waals surface area (Å²) < 4.78 is 5.31. The van der Waals surface area contributed by atoms with E-state index >= 15 is 0 Å². The van der Waals surface area contributed by atoms with Gasteiger partial charge in [0.1, 0.15) is 11.8 Å². The molecular weight excluding hydrogens is 304 g/mol. The smallest absolute Gasteiger partial charge is 0.244 e. The van der Waals surface area contributed by atoms with Crippen LogP contribution in [0.2, 0.25) is 0 Å².